The molecule has 0 N–H and O–H groups in total. The Labute approximate surface area is 198 Å². The molecule has 0 amide bonds. The highest BCUT2D eigenvalue weighted by Gasteiger charge is 2.50. The second kappa shape index (κ2) is 10.4. The predicted octanol–water partition coefficient (Wildman–Crippen LogP) is 8.90. The lowest BCUT2D eigenvalue weighted by Gasteiger charge is -2.46. The first kappa shape index (κ1) is 26.4. The summed E-state index contributed by atoms with van der Waals surface area (Å²) in [6.45, 7) is 18.2. The van der Waals surface area contributed by atoms with Crippen LogP contribution in [-0.4, -0.2) is 5.78 Å². The van der Waals surface area contributed by atoms with Crippen LogP contribution >= 0.6 is 0 Å². The molecule has 0 radical (unpaired) electrons. The molecule has 0 bridgehead atoms. The van der Waals surface area contributed by atoms with Crippen LogP contribution in [0.5, 0.6) is 0 Å². The zero-order valence-corrected chi connectivity index (χ0v) is 21.9. The molecule has 176 valence electrons. The second-order valence-electron chi connectivity index (χ2n) is 11.1. The molecule has 0 heterocycles. The van der Waals surface area contributed by atoms with Gasteiger partial charge in [-0.1, -0.05) is 128 Å². The Morgan fingerprint density at radius 2 is 0.844 bits per heavy atom. The third kappa shape index (κ3) is 5.36. The Kier molecular flexibility index (Phi) is 8.54. The van der Waals surface area contributed by atoms with Gasteiger partial charge in [-0.05, 0) is 48.6 Å². The molecule has 32 heavy (non-hydrogen) atoms. The van der Waals surface area contributed by atoms with E-state index in [-0.39, 0.29) is 10.8 Å². The number of hydrogen-bond acceptors (Lipinski definition) is 1. The first-order valence-corrected chi connectivity index (χ1v) is 12.7. The molecule has 2 aromatic carbocycles. The maximum Gasteiger partial charge on any atom is 0.153 e. The fraction of sp³-hybridized carbons (Fsp3) is 0.581. The molecule has 2 unspecified atom stereocenters. The third-order valence-electron chi connectivity index (χ3n) is 8.80. The molecule has 0 aromatic heterocycles. The van der Waals surface area contributed by atoms with Crippen molar-refractivity contribution in [2.24, 2.45) is 10.8 Å². The quantitative estimate of drug-likeness (QED) is 0.326. The number of Topliss-reactive ketones (excluding diaryl/α,β-unsaturated/α-hetero) is 1. The fourth-order valence-corrected chi connectivity index (χ4v) is 5.55. The molecule has 0 saturated carbocycles. The summed E-state index contributed by atoms with van der Waals surface area (Å²) in [5.74, 6) is 0.364. The first-order chi connectivity index (χ1) is 15.0. The van der Waals surface area contributed by atoms with Crippen molar-refractivity contribution >= 4 is 5.78 Å². The Morgan fingerprint density at radius 1 is 0.562 bits per heavy atom. The second-order valence-corrected chi connectivity index (χ2v) is 11.1. The molecule has 2 rings (SSSR count). The van der Waals surface area contributed by atoms with Crippen molar-refractivity contribution in [2.75, 3.05) is 0 Å². The van der Waals surface area contributed by atoms with Crippen LogP contribution < -0.4 is 0 Å². The van der Waals surface area contributed by atoms with Crippen molar-refractivity contribution in [1.82, 2.24) is 0 Å². The van der Waals surface area contributed by atoms with E-state index in [2.05, 4.69) is 116 Å². The van der Waals surface area contributed by atoms with E-state index < -0.39 is 10.8 Å². The van der Waals surface area contributed by atoms with Gasteiger partial charge in [0, 0.05) is 0 Å². The Hall–Kier alpha value is -1.89. The van der Waals surface area contributed by atoms with Crippen molar-refractivity contribution in [3.05, 3.63) is 71.8 Å². The van der Waals surface area contributed by atoms with E-state index in [1.807, 2.05) is 0 Å². The van der Waals surface area contributed by atoms with Gasteiger partial charge in [0.05, 0.1) is 10.8 Å². The van der Waals surface area contributed by atoms with Crippen molar-refractivity contribution in [1.29, 1.82) is 0 Å². The van der Waals surface area contributed by atoms with Crippen molar-refractivity contribution < 1.29 is 4.79 Å². The van der Waals surface area contributed by atoms with E-state index in [1.54, 1.807) is 0 Å². The number of ketones is 1. The van der Waals surface area contributed by atoms with E-state index >= 15 is 0 Å². The zero-order chi connectivity index (χ0) is 24.0. The highest BCUT2D eigenvalue weighted by Crippen LogP contribution is 2.49. The summed E-state index contributed by atoms with van der Waals surface area (Å²) in [7, 11) is 0. The lowest BCUT2D eigenvalue weighted by Crippen LogP contribution is -2.50. The SMILES string of the molecule is CCC(C)(CC)CC(C)(C(=O)C(C)(CC(C)(CC)CC)c1ccccc1)c1ccccc1. The van der Waals surface area contributed by atoms with Crippen molar-refractivity contribution in [3.8, 4) is 0 Å². The van der Waals surface area contributed by atoms with Crippen LogP contribution in [-0.2, 0) is 15.6 Å². The van der Waals surface area contributed by atoms with E-state index in [0.29, 0.717) is 5.78 Å². The lowest BCUT2D eigenvalue weighted by atomic mass is 9.56. The van der Waals surface area contributed by atoms with Gasteiger partial charge in [0.15, 0.2) is 5.78 Å². The molecular weight excluding hydrogens is 388 g/mol. The number of carbonyl (C=O) groups excluding carboxylic acids is 1. The van der Waals surface area contributed by atoms with E-state index in [4.69, 9.17) is 0 Å². The topological polar surface area (TPSA) is 17.1 Å². The van der Waals surface area contributed by atoms with Gasteiger partial charge in [-0.3, -0.25) is 4.79 Å². The van der Waals surface area contributed by atoms with Crippen molar-refractivity contribution in [3.63, 3.8) is 0 Å². The van der Waals surface area contributed by atoms with Crippen molar-refractivity contribution in [2.45, 2.75) is 105 Å². The summed E-state index contributed by atoms with van der Waals surface area (Å²) >= 11 is 0. The molecule has 1 heteroatoms. The van der Waals surface area contributed by atoms with Crippen LogP contribution in [0.2, 0.25) is 0 Å². The van der Waals surface area contributed by atoms with Gasteiger partial charge in [0.1, 0.15) is 0 Å². The summed E-state index contributed by atoms with van der Waals surface area (Å²) < 4.78 is 0. The average Bonchev–Trinajstić information content (AvgIpc) is 2.84. The summed E-state index contributed by atoms with van der Waals surface area (Å²) in [5, 5.41) is 0. The Morgan fingerprint density at radius 3 is 1.09 bits per heavy atom. The van der Waals surface area contributed by atoms with E-state index in [0.717, 1.165) is 49.7 Å². The van der Waals surface area contributed by atoms with Gasteiger partial charge < -0.3 is 0 Å². The molecule has 0 fully saturated rings. The molecule has 0 aliphatic rings. The summed E-state index contributed by atoms with van der Waals surface area (Å²) in [6, 6.07) is 21.1. The van der Waals surface area contributed by atoms with Crippen LogP contribution in [0.15, 0.2) is 60.7 Å². The summed E-state index contributed by atoms with van der Waals surface area (Å²) in [5.41, 5.74) is 1.45. The van der Waals surface area contributed by atoms with Gasteiger partial charge in [0.2, 0.25) is 0 Å². The molecule has 2 atom stereocenters. The molecule has 0 aliphatic heterocycles. The maximum absolute atomic E-state index is 14.9. The number of hydrogen-bond donors (Lipinski definition) is 0. The normalized spacial score (nSPS) is 16.2. The van der Waals surface area contributed by atoms with Crippen LogP contribution in [0, 0.1) is 10.8 Å². The van der Waals surface area contributed by atoms with Gasteiger partial charge >= 0.3 is 0 Å². The van der Waals surface area contributed by atoms with Gasteiger partial charge in [-0.25, -0.2) is 0 Å². The average molecular weight is 435 g/mol. The lowest BCUT2D eigenvalue weighted by molar-refractivity contribution is -0.132. The number of benzene rings is 2. The Balaban J connectivity index is 2.72. The van der Waals surface area contributed by atoms with Crippen LogP contribution in [0.3, 0.4) is 0 Å². The molecular formula is C31H46O. The van der Waals surface area contributed by atoms with Crippen LogP contribution in [0.4, 0.5) is 0 Å². The molecule has 1 nitrogen and oxygen atoms in total. The molecule has 0 saturated heterocycles. The Bertz CT molecular complexity index is 773. The highest BCUT2D eigenvalue weighted by molar-refractivity contribution is 5.98. The molecule has 0 spiro atoms. The highest BCUT2D eigenvalue weighted by atomic mass is 16.1. The van der Waals surface area contributed by atoms with Crippen LogP contribution in [0.25, 0.3) is 0 Å². The summed E-state index contributed by atoms with van der Waals surface area (Å²) in [6.07, 6.45) is 6.03. The monoisotopic (exact) mass is 434 g/mol. The van der Waals surface area contributed by atoms with E-state index in [9.17, 15) is 4.79 Å². The zero-order valence-electron chi connectivity index (χ0n) is 21.9. The molecule has 2 aromatic rings. The largest absolute Gasteiger partial charge is 0.298 e. The smallest absolute Gasteiger partial charge is 0.153 e. The maximum atomic E-state index is 14.9. The number of rotatable bonds is 12. The minimum Gasteiger partial charge on any atom is -0.298 e. The van der Waals surface area contributed by atoms with Gasteiger partial charge in [-0.2, -0.15) is 0 Å². The van der Waals surface area contributed by atoms with Gasteiger partial charge in [0.25, 0.3) is 0 Å². The fourth-order valence-electron chi connectivity index (χ4n) is 5.55. The standard InChI is InChI=1S/C31H46O/c1-9-28(5,10-2)23-30(7,25-19-15-13-16-20-25)27(32)31(8,24-29(6,11-3)12-4)26-21-17-14-18-22-26/h13-22H,9-12,23-24H2,1-8H3. The minimum absolute atomic E-state index is 0.122. The third-order valence-corrected chi connectivity index (χ3v) is 8.80. The van der Waals surface area contributed by atoms with Crippen LogP contribution in [0.1, 0.15) is 105 Å². The molecule has 0 aliphatic carbocycles. The summed E-state index contributed by atoms with van der Waals surface area (Å²) in [4.78, 5) is 14.9. The minimum atomic E-state index is -0.547. The van der Waals surface area contributed by atoms with Gasteiger partial charge in [-0.15, -0.1) is 0 Å². The first-order valence-electron chi connectivity index (χ1n) is 12.7. The number of carbonyl (C=O) groups is 1. The van der Waals surface area contributed by atoms with E-state index in [1.165, 1.54) is 0 Å². The predicted molar refractivity (Wildman–Crippen MR) is 139 cm³/mol.